The molecule has 1 aliphatic heterocycles. The maximum atomic E-state index is 13.0. The number of hydrogen-bond donors (Lipinski definition) is 1. The van der Waals surface area contributed by atoms with Gasteiger partial charge in [-0.05, 0) is 57.2 Å². The van der Waals surface area contributed by atoms with E-state index < -0.39 is 26.1 Å². The summed E-state index contributed by atoms with van der Waals surface area (Å²) in [4.78, 5) is 13.0. The standard InChI is InChI=1S/C29H46O5Si/c1-10-20(2)14-15-24(30)27-25(33-29(5,6)34-27)13-11-12-23-19-21(3)18-22(4)26(23)28(31)32-16-17-35(7,8)9/h11-12,14-15,18-20,24-25,27,30H,10,13,16-17H2,1-9H3/b12-11+,15-14-/t20-,24?,25+,27-/m1/s1. The summed E-state index contributed by atoms with van der Waals surface area (Å²) in [6, 6.07) is 4.97. The maximum absolute atomic E-state index is 13.0. The van der Waals surface area contributed by atoms with Gasteiger partial charge in [0.1, 0.15) is 12.2 Å². The third-order valence-electron chi connectivity index (χ3n) is 6.30. The van der Waals surface area contributed by atoms with E-state index in [-0.39, 0.29) is 12.1 Å². The van der Waals surface area contributed by atoms with Gasteiger partial charge in [0.05, 0.1) is 18.3 Å². The third-order valence-corrected chi connectivity index (χ3v) is 8.01. The molecule has 1 aromatic rings. The van der Waals surface area contributed by atoms with Crippen molar-refractivity contribution in [1.82, 2.24) is 0 Å². The Kier molecular flexibility index (Phi) is 10.5. The van der Waals surface area contributed by atoms with Gasteiger partial charge in [0.25, 0.3) is 0 Å². The zero-order chi connectivity index (χ0) is 26.4. The van der Waals surface area contributed by atoms with Gasteiger partial charge in [-0.15, -0.1) is 0 Å². The van der Waals surface area contributed by atoms with Crippen LogP contribution in [-0.2, 0) is 14.2 Å². The van der Waals surface area contributed by atoms with Crippen molar-refractivity contribution in [3.63, 3.8) is 0 Å². The predicted octanol–water partition coefficient (Wildman–Crippen LogP) is 6.69. The van der Waals surface area contributed by atoms with Crippen LogP contribution in [0, 0.1) is 19.8 Å². The van der Waals surface area contributed by atoms with Crippen molar-refractivity contribution in [2.75, 3.05) is 6.61 Å². The monoisotopic (exact) mass is 502 g/mol. The summed E-state index contributed by atoms with van der Waals surface area (Å²) in [5.41, 5.74) is 3.45. The minimum absolute atomic E-state index is 0.273. The molecule has 1 aromatic carbocycles. The molecule has 1 N–H and O–H groups in total. The molecule has 0 saturated carbocycles. The van der Waals surface area contributed by atoms with Crippen molar-refractivity contribution in [2.24, 2.45) is 5.92 Å². The number of aliphatic hydroxyl groups excluding tert-OH is 1. The Morgan fingerprint density at radius 1 is 1.20 bits per heavy atom. The molecule has 0 aromatic heterocycles. The van der Waals surface area contributed by atoms with Crippen molar-refractivity contribution in [3.05, 3.63) is 52.6 Å². The fraction of sp³-hybridized carbons (Fsp3) is 0.621. The summed E-state index contributed by atoms with van der Waals surface area (Å²) >= 11 is 0. The van der Waals surface area contributed by atoms with Gasteiger partial charge in [-0.25, -0.2) is 4.79 Å². The van der Waals surface area contributed by atoms with Crippen molar-refractivity contribution in [2.45, 2.75) is 104 Å². The Balaban J connectivity index is 2.17. The number of carbonyl (C=O) groups is 1. The molecule has 0 amide bonds. The number of carbonyl (C=O) groups excluding carboxylic acids is 1. The third kappa shape index (κ3) is 9.34. The van der Waals surface area contributed by atoms with E-state index in [2.05, 4.69) is 33.5 Å². The molecule has 196 valence electrons. The Labute approximate surface area is 213 Å². The molecule has 0 aliphatic carbocycles. The summed E-state index contributed by atoms with van der Waals surface area (Å²) < 4.78 is 17.8. The van der Waals surface area contributed by atoms with Gasteiger partial charge in [-0.2, -0.15) is 0 Å². The molecule has 1 heterocycles. The van der Waals surface area contributed by atoms with Crippen molar-refractivity contribution < 1.29 is 24.1 Å². The average Bonchev–Trinajstić information content (AvgIpc) is 3.04. The zero-order valence-corrected chi connectivity index (χ0v) is 24.2. The molecule has 0 bridgehead atoms. The second-order valence-corrected chi connectivity index (χ2v) is 17.2. The molecule has 6 heteroatoms. The van der Waals surface area contributed by atoms with Gasteiger partial charge < -0.3 is 19.3 Å². The highest BCUT2D eigenvalue weighted by Gasteiger charge is 2.43. The average molecular weight is 503 g/mol. The largest absolute Gasteiger partial charge is 0.462 e. The molecular weight excluding hydrogens is 456 g/mol. The van der Waals surface area contributed by atoms with E-state index in [9.17, 15) is 9.90 Å². The molecule has 1 saturated heterocycles. The van der Waals surface area contributed by atoms with E-state index >= 15 is 0 Å². The number of benzene rings is 1. The van der Waals surface area contributed by atoms with E-state index in [0.29, 0.717) is 24.5 Å². The van der Waals surface area contributed by atoms with Gasteiger partial charge in [-0.3, -0.25) is 0 Å². The first-order valence-electron chi connectivity index (χ1n) is 12.9. The van der Waals surface area contributed by atoms with Crippen LogP contribution >= 0.6 is 0 Å². The van der Waals surface area contributed by atoms with Crippen molar-refractivity contribution >= 4 is 20.1 Å². The van der Waals surface area contributed by atoms with Gasteiger partial charge >= 0.3 is 5.97 Å². The molecule has 1 unspecified atom stereocenters. The molecule has 0 spiro atoms. The highest BCUT2D eigenvalue weighted by atomic mass is 28.3. The summed E-state index contributed by atoms with van der Waals surface area (Å²) in [6.07, 6.45) is 7.88. The minimum Gasteiger partial charge on any atom is -0.462 e. The van der Waals surface area contributed by atoms with Crippen LogP contribution in [0.1, 0.15) is 67.6 Å². The van der Waals surface area contributed by atoms with Crippen LogP contribution in [0.4, 0.5) is 0 Å². The van der Waals surface area contributed by atoms with Crippen molar-refractivity contribution in [1.29, 1.82) is 0 Å². The second kappa shape index (κ2) is 12.5. The molecule has 1 aliphatic rings. The molecule has 35 heavy (non-hydrogen) atoms. The smallest absolute Gasteiger partial charge is 0.338 e. The van der Waals surface area contributed by atoms with Crippen LogP contribution in [0.5, 0.6) is 0 Å². The van der Waals surface area contributed by atoms with Gasteiger partial charge in [0.15, 0.2) is 5.79 Å². The van der Waals surface area contributed by atoms with E-state index in [4.69, 9.17) is 14.2 Å². The Morgan fingerprint density at radius 3 is 2.51 bits per heavy atom. The quantitative estimate of drug-likeness (QED) is 0.208. The van der Waals surface area contributed by atoms with Crippen LogP contribution in [0.25, 0.3) is 6.08 Å². The van der Waals surface area contributed by atoms with Crippen LogP contribution < -0.4 is 0 Å². The first kappa shape index (κ1) is 29.5. The number of aliphatic hydroxyl groups is 1. The molecule has 1 fully saturated rings. The first-order valence-corrected chi connectivity index (χ1v) is 16.6. The highest BCUT2D eigenvalue weighted by molar-refractivity contribution is 6.76. The lowest BCUT2D eigenvalue weighted by atomic mass is 9.97. The topological polar surface area (TPSA) is 65.0 Å². The Hall–Kier alpha value is -1.73. The van der Waals surface area contributed by atoms with Gasteiger partial charge in [0, 0.05) is 8.07 Å². The summed E-state index contributed by atoms with van der Waals surface area (Å²) in [7, 11) is -1.28. The molecular formula is C29H46O5Si. The van der Waals surface area contributed by atoms with E-state index in [1.165, 1.54) is 0 Å². The predicted molar refractivity (Wildman–Crippen MR) is 146 cm³/mol. The van der Waals surface area contributed by atoms with Crippen LogP contribution in [0.2, 0.25) is 25.7 Å². The second-order valence-electron chi connectivity index (χ2n) is 11.5. The van der Waals surface area contributed by atoms with Crippen LogP contribution in [-0.4, -0.2) is 49.9 Å². The zero-order valence-electron chi connectivity index (χ0n) is 23.2. The Bertz CT molecular complexity index is 912. The van der Waals surface area contributed by atoms with Crippen LogP contribution in [0.3, 0.4) is 0 Å². The van der Waals surface area contributed by atoms with Gasteiger partial charge in [0.2, 0.25) is 0 Å². The lowest BCUT2D eigenvalue weighted by Crippen LogP contribution is -2.34. The van der Waals surface area contributed by atoms with E-state index in [1.54, 1.807) is 0 Å². The number of esters is 1. The maximum Gasteiger partial charge on any atom is 0.338 e. The highest BCUT2D eigenvalue weighted by Crippen LogP contribution is 2.33. The number of allylic oxidation sites excluding steroid dienone is 1. The SMILES string of the molecule is CC[C@@H](C)/C=C\C(O)[C@H]1OC(C)(C)O[C@H]1C/C=C/c1cc(C)cc(C)c1C(=O)OCC[Si](C)(C)C. The summed E-state index contributed by atoms with van der Waals surface area (Å²) in [5.74, 6) is -0.642. The first-order chi connectivity index (χ1) is 16.2. The molecule has 4 atom stereocenters. The van der Waals surface area contributed by atoms with Crippen molar-refractivity contribution in [3.8, 4) is 0 Å². The normalized spacial score (nSPS) is 22.1. The van der Waals surface area contributed by atoms with Crippen LogP contribution in [0.15, 0.2) is 30.4 Å². The summed E-state index contributed by atoms with van der Waals surface area (Å²) in [6.45, 7) is 19.2. The molecule has 5 nitrogen and oxygen atoms in total. The number of hydrogen-bond acceptors (Lipinski definition) is 5. The summed E-state index contributed by atoms with van der Waals surface area (Å²) in [5, 5.41) is 10.8. The fourth-order valence-corrected chi connectivity index (χ4v) is 4.86. The lowest BCUT2D eigenvalue weighted by molar-refractivity contribution is -0.152. The van der Waals surface area contributed by atoms with Gasteiger partial charge in [-0.1, -0.05) is 81.9 Å². The Morgan fingerprint density at radius 2 is 1.89 bits per heavy atom. The number of rotatable bonds is 11. The molecule has 0 radical (unpaired) electrons. The minimum atomic E-state index is -1.28. The van der Waals surface area contributed by atoms with E-state index in [1.807, 2.05) is 64.1 Å². The lowest BCUT2D eigenvalue weighted by Gasteiger charge is -2.20. The number of aryl methyl sites for hydroxylation is 2. The van der Waals surface area contributed by atoms with E-state index in [0.717, 1.165) is 29.2 Å². The number of ether oxygens (including phenoxy) is 3. The fourth-order valence-electron chi connectivity index (χ4n) is 4.15. The molecule has 2 rings (SSSR count).